The average Bonchev–Trinajstić information content (AvgIpc) is 2.93. The van der Waals surface area contributed by atoms with Crippen molar-refractivity contribution in [2.75, 3.05) is 5.75 Å². The summed E-state index contributed by atoms with van der Waals surface area (Å²) in [6.07, 6.45) is 5.89. The highest BCUT2D eigenvalue weighted by Crippen LogP contribution is 2.50. The summed E-state index contributed by atoms with van der Waals surface area (Å²) in [7, 11) is 0. The van der Waals surface area contributed by atoms with Crippen LogP contribution in [-0.4, -0.2) is 22.5 Å². The topological polar surface area (TPSA) is 24.4 Å². The first-order valence-corrected chi connectivity index (χ1v) is 8.01. The Bertz CT molecular complexity index is 337. The van der Waals surface area contributed by atoms with Gasteiger partial charge in [-0.2, -0.15) is 0 Å². The molecule has 4 unspecified atom stereocenters. The summed E-state index contributed by atoms with van der Waals surface area (Å²) in [5, 5.41) is 4.73. The predicted molar refractivity (Wildman–Crippen MR) is 75.5 cm³/mol. The molecular formula is C14H24N2S. The van der Waals surface area contributed by atoms with Gasteiger partial charge in [-0.3, -0.25) is 4.99 Å². The fourth-order valence-corrected chi connectivity index (χ4v) is 5.00. The summed E-state index contributed by atoms with van der Waals surface area (Å²) in [5.41, 5.74) is 0.234. The van der Waals surface area contributed by atoms with Gasteiger partial charge in [0, 0.05) is 11.3 Å². The number of thioether (sulfide) groups is 1. The lowest BCUT2D eigenvalue weighted by atomic mass is 9.84. The molecule has 2 aliphatic carbocycles. The minimum absolute atomic E-state index is 0.234. The second-order valence-corrected chi connectivity index (χ2v) is 7.78. The Kier molecular flexibility index (Phi) is 2.92. The Balaban J connectivity index is 1.64. The summed E-state index contributed by atoms with van der Waals surface area (Å²) in [6, 6.07) is 0.522. The van der Waals surface area contributed by atoms with Crippen LogP contribution in [-0.2, 0) is 0 Å². The van der Waals surface area contributed by atoms with Crippen LogP contribution in [0.5, 0.6) is 0 Å². The maximum Gasteiger partial charge on any atom is 0.157 e. The van der Waals surface area contributed by atoms with Gasteiger partial charge in [0.2, 0.25) is 0 Å². The Hall–Kier alpha value is -0.180. The molecule has 2 nitrogen and oxygen atoms in total. The van der Waals surface area contributed by atoms with E-state index in [2.05, 4.69) is 26.1 Å². The van der Waals surface area contributed by atoms with Gasteiger partial charge in [-0.05, 0) is 57.8 Å². The van der Waals surface area contributed by atoms with Crippen LogP contribution < -0.4 is 5.32 Å². The van der Waals surface area contributed by atoms with E-state index in [0.717, 1.165) is 23.5 Å². The van der Waals surface area contributed by atoms with Crippen LogP contribution in [0.3, 0.4) is 0 Å². The second-order valence-electron chi connectivity index (χ2n) is 6.81. The molecule has 96 valence electrons. The summed E-state index contributed by atoms with van der Waals surface area (Å²) < 4.78 is 0. The quantitative estimate of drug-likeness (QED) is 0.815. The molecule has 1 aliphatic heterocycles. The standard InChI is InChI=1S/C14H24N2S/c1-9(12-7-10-4-5-11(12)6-10)15-13-16-14(2,3)8-17-13/h9-12H,4-8H2,1-3H3,(H,15,16). The molecule has 3 aliphatic rings. The smallest absolute Gasteiger partial charge is 0.157 e. The van der Waals surface area contributed by atoms with Crippen LogP contribution in [0.4, 0.5) is 0 Å². The minimum atomic E-state index is 0.234. The highest BCUT2D eigenvalue weighted by molar-refractivity contribution is 8.14. The number of nitrogens with one attached hydrogen (secondary N) is 1. The Morgan fingerprint density at radius 1 is 1.35 bits per heavy atom. The summed E-state index contributed by atoms with van der Waals surface area (Å²) in [6.45, 7) is 6.83. The van der Waals surface area contributed by atoms with Crippen molar-refractivity contribution in [1.29, 1.82) is 0 Å². The van der Waals surface area contributed by atoms with E-state index >= 15 is 0 Å². The van der Waals surface area contributed by atoms with E-state index in [4.69, 9.17) is 4.99 Å². The normalized spacial score (nSPS) is 43.0. The van der Waals surface area contributed by atoms with Gasteiger partial charge in [0.15, 0.2) is 5.17 Å². The molecule has 0 aromatic rings. The van der Waals surface area contributed by atoms with Crippen LogP contribution in [0, 0.1) is 17.8 Å². The van der Waals surface area contributed by atoms with Crippen molar-refractivity contribution in [2.24, 2.45) is 22.7 Å². The van der Waals surface area contributed by atoms with E-state index in [1.165, 1.54) is 30.9 Å². The molecule has 0 aromatic heterocycles. The zero-order chi connectivity index (χ0) is 12.0. The number of aliphatic imine (C=N–C) groups is 1. The Morgan fingerprint density at radius 3 is 2.71 bits per heavy atom. The second kappa shape index (κ2) is 4.18. The third-order valence-electron chi connectivity index (χ3n) is 4.75. The van der Waals surface area contributed by atoms with Gasteiger partial charge >= 0.3 is 0 Å². The van der Waals surface area contributed by atoms with Crippen LogP contribution in [0.15, 0.2) is 4.99 Å². The monoisotopic (exact) mass is 252 g/mol. The van der Waals surface area contributed by atoms with E-state index < -0.39 is 0 Å². The summed E-state index contributed by atoms with van der Waals surface area (Å²) >= 11 is 1.90. The number of nitrogens with zero attached hydrogens (tertiary/aromatic N) is 1. The SMILES string of the molecule is CC(N=C1NC(C)(C)CS1)C1CC2CCC1C2. The maximum absolute atomic E-state index is 4.94. The lowest BCUT2D eigenvalue weighted by Gasteiger charge is -2.25. The Labute approximate surface area is 109 Å². The van der Waals surface area contributed by atoms with E-state index in [-0.39, 0.29) is 5.54 Å². The van der Waals surface area contributed by atoms with Crippen LogP contribution in [0.1, 0.15) is 46.5 Å². The average molecular weight is 252 g/mol. The van der Waals surface area contributed by atoms with Gasteiger partial charge in [-0.1, -0.05) is 18.2 Å². The highest BCUT2D eigenvalue weighted by Gasteiger charge is 2.42. The lowest BCUT2D eigenvalue weighted by Crippen LogP contribution is -2.37. The third kappa shape index (κ3) is 2.35. The van der Waals surface area contributed by atoms with E-state index in [0.29, 0.717) is 6.04 Å². The van der Waals surface area contributed by atoms with Gasteiger partial charge in [0.05, 0.1) is 6.04 Å². The van der Waals surface area contributed by atoms with Crippen LogP contribution in [0.2, 0.25) is 0 Å². The highest BCUT2D eigenvalue weighted by atomic mass is 32.2. The minimum Gasteiger partial charge on any atom is -0.359 e. The third-order valence-corrected chi connectivity index (χ3v) is 6.10. The zero-order valence-corrected chi connectivity index (χ0v) is 12.0. The summed E-state index contributed by atoms with van der Waals surface area (Å²) in [5.74, 6) is 4.04. The van der Waals surface area contributed by atoms with Crippen LogP contribution in [0.25, 0.3) is 0 Å². The Morgan fingerprint density at radius 2 is 2.18 bits per heavy atom. The maximum atomic E-state index is 4.94. The molecule has 2 saturated carbocycles. The number of fused-ring (bicyclic) bond motifs is 2. The first-order valence-electron chi connectivity index (χ1n) is 7.02. The zero-order valence-electron chi connectivity index (χ0n) is 11.2. The molecule has 2 bridgehead atoms. The van der Waals surface area contributed by atoms with Crippen molar-refractivity contribution in [2.45, 2.75) is 58.0 Å². The van der Waals surface area contributed by atoms with Crippen molar-refractivity contribution >= 4 is 16.9 Å². The molecule has 0 spiro atoms. The van der Waals surface area contributed by atoms with E-state index in [1.807, 2.05) is 11.8 Å². The number of amidine groups is 1. The lowest BCUT2D eigenvalue weighted by molar-refractivity contribution is 0.294. The van der Waals surface area contributed by atoms with Crippen molar-refractivity contribution in [3.05, 3.63) is 0 Å². The predicted octanol–water partition coefficient (Wildman–Crippen LogP) is 3.28. The number of hydrogen-bond acceptors (Lipinski definition) is 2. The first-order chi connectivity index (χ1) is 8.03. The van der Waals surface area contributed by atoms with Crippen molar-refractivity contribution in [3.63, 3.8) is 0 Å². The first kappa shape index (κ1) is 11.9. The number of rotatable bonds is 2. The molecule has 0 aromatic carbocycles. The molecule has 4 atom stereocenters. The summed E-state index contributed by atoms with van der Waals surface area (Å²) in [4.78, 5) is 4.94. The molecule has 0 radical (unpaired) electrons. The van der Waals surface area contributed by atoms with E-state index in [1.54, 1.807) is 0 Å². The molecular weight excluding hydrogens is 228 g/mol. The molecule has 1 saturated heterocycles. The van der Waals surface area contributed by atoms with Crippen molar-refractivity contribution in [1.82, 2.24) is 5.32 Å². The fraction of sp³-hybridized carbons (Fsp3) is 0.929. The van der Waals surface area contributed by atoms with Crippen molar-refractivity contribution in [3.8, 4) is 0 Å². The van der Waals surface area contributed by atoms with Crippen molar-refractivity contribution < 1.29 is 0 Å². The largest absolute Gasteiger partial charge is 0.359 e. The van der Waals surface area contributed by atoms with E-state index in [9.17, 15) is 0 Å². The molecule has 3 fully saturated rings. The van der Waals surface area contributed by atoms with Gasteiger partial charge in [0.25, 0.3) is 0 Å². The fourth-order valence-electron chi connectivity index (χ4n) is 3.85. The molecule has 1 heterocycles. The molecule has 1 N–H and O–H groups in total. The van der Waals surface area contributed by atoms with Crippen LogP contribution >= 0.6 is 11.8 Å². The van der Waals surface area contributed by atoms with Gasteiger partial charge < -0.3 is 5.32 Å². The molecule has 3 heteroatoms. The molecule has 0 amide bonds. The van der Waals surface area contributed by atoms with Gasteiger partial charge in [-0.15, -0.1) is 0 Å². The molecule has 3 rings (SSSR count). The number of hydrogen-bond donors (Lipinski definition) is 1. The van der Waals surface area contributed by atoms with Gasteiger partial charge in [0.1, 0.15) is 0 Å². The molecule has 17 heavy (non-hydrogen) atoms. The van der Waals surface area contributed by atoms with Gasteiger partial charge in [-0.25, -0.2) is 0 Å².